The number of aromatic nitrogens is 1. The molecule has 0 bridgehead atoms. The van der Waals surface area contributed by atoms with Gasteiger partial charge >= 0.3 is 0 Å². The first kappa shape index (κ1) is 14.5. The van der Waals surface area contributed by atoms with Crippen LogP contribution in [0.1, 0.15) is 32.4 Å². The lowest BCUT2D eigenvalue weighted by Crippen LogP contribution is -2.31. The lowest BCUT2D eigenvalue weighted by atomic mass is 10.2. The van der Waals surface area contributed by atoms with Crippen LogP contribution in [0.15, 0.2) is 35.6 Å². The molecule has 0 atom stereocenters. The number of benzene rings is 1. The van der Waals surface area contributed by atoms with Crippen molar-refractivity contribution in [3.63, 3.8) is 0 Å². The zero-order chi connectivity index (χ0) is 14.5. The molecule has 0 fully saturated rings. The Balaban J connectivity index is 2.26. The van der Waals surface area contributed by atoms with Crippen molar-refractivity contribution in [2.24, 2.45) is 5.10 Å². The number of hydrogen-bond acceptors (Lipinski definition) is 2. The van der Waals surface area contributed by atoms with Gasteiger partial charge in [-0.25, -0.2) is 0 Å². The second-order valence-electron chi connectivity index (χ2n) is 4.83. The summed E-state index contributed by atoms with van der Waals surface area (Å²) in [5.41, 5.74) is 5.12. The van der Waals surface area contributed by atoms with Crippen LogP contribution in [0.25, 0.3) is 10.9 Å². The summed E-state index contributed by atoms with van der Waals surface area (Å²) < 4.78 is 2.25. The molecule has 106 valence electrons. The summed E-state index contributed by atoms with van der Waals surface area (Å²) in [7, 11) is 0. The number of thiocarbonyl (C=S) groups is 1. The molecular weight excluding hydrogens is 268 g/mol. The minimum absolute atomic E-state index is 0.415. The van der Waals surface area contributed by atoms with Crippen molar-refractivity contribution in [3.05, 3.63) is 36.0 Å². The summed E-state index contributed by atoms with van der Waals surface area (Å²) in [4.78, 5) is 0. The first-order valence-electron chi connectivity index (χ1n) is 6.80. The second kappa shape index (κ2) is 6.52. The second-order valence-corrected chi connectivity index (χ2v) is 5.24. The Morgan fingerprint density at radius 3 is 2.85 bits per heavy atom. The van der Waals surface area contributed by atoms with Gasteiger partial charge in [-0.3, -0.25) is 5.43 Å². The van der Waals surface area contributed by atoms with E-state index in [1.807, 2.05) is 19.2 Å². The van der Waals surface area contributed by atoms with Crippen molar-refractivity contribution >= 4 is 34.4 Å². The molecule has 0 radical (unpaired) electrons. The Labute approximate surface area is 124 Å². The Bertz CT molecular complexity index is 628. The minimum atomic E-state index is 0.415. The third-order valence-corrected chi connectivity index (χ3v) is 3.27. The smallest absolute Gasteiger partial charge is 0.186 e. The van der Waals surface area contributed by atoms with Gasteiger partial charge in [0.1, 0.15) is 0 Å². The van der Waals surface area contributed by atoms with Gasteiger partial charge in [0.25, 0.3) is 0 Å². The minimum Gasteiger partial charge on any atom is -0.362 e. The van der Waals surface area contributed by atoms with Gasteiger partial charge in [0.05, 0.1) is 6.21 Å². The first-order valence-corrected chi connectivity index (χ1v) is 7.20. The summed E-state index contributed by atoms with van der Waals surface area (Å²) in [6, 6.07) is 8.75. The Morgan fingerprint density at radius 1 is 1.40 bits per heavy atom. The SMILES string of the molecule is CCNC(=S)N/N=C\c1cn(C(C)C)c2ccccc12. The summed E-state index contributed by atoms with van der Waals surface area (Å²) >= 11 is 5.07. The van der Waals surface area contributed by atoms with E-state index in [2.05, 4.69) is 58.7 Å². The van der Waals surface area contributed by atoms with Crippen molar-refractivity contribution < 1.29 is 0 Å². The van der Waals surface area contributed by atoms with Gasteiger partial charge in [-0.1, -0.05) is 18.2 Å². The number of hydrazone groups is 1. The third kappa shape index (κ3) is 3.17. The first-order chi connectivity index (χ1) is 9.63. The van der Waals surface area contributed by atoms with Gasteiger partial charge in [-0.2, -0.15) is 5.10 Å². The molecule has 2 N–H and O–H groups in total. The van der Waals surface area contributed by atoms with E-state index < -0.39 is 0 Å². The molecule has 0 saturated carbocycles. The van der Waals surface area contributed by atoms with Crippen LogP contribution in [0.3, 0.4) is 0 Å². The highest BCUT2D eigenvalue weighted by Crippen LogP contribution is 2.23. The van der Waals surface area contributed by atoms with E-state index in [0.717, 1.165) is 12.1 Å². The zero-order valence-electron chi connectivity index (χ0n) is 12.1. The van der Waals surface area contributed by atoms with Crippen molar-refractivity contribution in [1.82, 2.24) is 15.3 Å². The van der Waals surface area contributed by atoms with Gasteiger partial charge in [0, 0.05) is 35.2 Å². The van der Waals surface area contributed by atoms with Gasteiger partial charge in [0.2, 0.25) is 0 Å². The average Bonchev–Trinajstić information content (AvgIpc) is 2.79. The van der Waals surface area contributed by atoms with Crippen LogP contribution in [0.4, 0.5) is 0 Å². The molecule has 1 aromatic carbocycles. The maximum Gasteiger partial charge on any atom is 0.186 e. The summed E-state index contributed by atoms with van der Waals surface area (Å²) in [6.07, 6.45) is 3.93. The molecule has 0 unspecified atom stereocenters. The molecule has 1 aromatic heterocycles. The van der Waals surface area contributed by atoms with Gasteiger partial charge < -0.3 is 9.88 Å². The average molecular weight is 288 g/mol. The number of para-hydroxylation sites is 1. The highest BCUT2D eigenvalue weighted by molar-refractivity contribution is 7.80. The van der Waals surface area contributed by atoms with Crippen LogP contribution < -0.4 is 10.7 Å². The van der Waals surface area contributed by atoms with Crippen LogP contribution in [-0.2, 0) is 0 Å². The third-order valence-electron chi connectivity index (χ3n) is 3.03. The molecule has 0 spiro atoms. The molecule has 0 aliphatic carbocycles. The van der Waals surface area contributed by atoms with Crippen LogP contribution in [0.2, 0.25) is 0 Å². The number of nitrogens with zero attached hydrogens (tertiary/aromatic N) is 2. The lowest BCUT2D eigenvalue weighted by Gasteiger charge is -2.08. The van der Waals surface area contributed by atoms with Crippen molar-refractivity contribution in [2.75, 3.05) is 6.54 Å². The molecule has 0 aliphatic heterocycles. The molecule has 2 rings (SSSR count). The highest BCUT2D eigenvalue weighted by atomic mass is 32.1. The standard InChI is InChI=1S/C15H20N4S/c1-4-16-15(20)18-17-9-12-10-19(11(2)3)14-8-6-5-7-13(12)14/h5-11H,4H2,1-3H3,(H2,16,18,20)/b17-9-. The van der Waals surface area contributed by atoms with E-state index in [1.165, 1.54) is 10.9 Å². The summed E-state index contributed by atoms with van der Waals surface area (Å²) in [5, 5.41) is 8.92. The number of hydrogen-bond donors (Lipinski definition) is 2. The molecular formula is C15H20N4S. The van der Waals surface area contributed by atoms with E-state index in [1.54, 1.807) is 0 Å². The van der Waals surface area contributed by atoms with Crippen LogP contribution in [0.5, 0.6) is 0 Å². The maximum absolute atomic E-state index is 5.07. The Hall–Kier alpha value is -1.88. The molecule has 0 amide bonds. The predicted octanol–water partition coefficient (Wildman–Crippen LogP) is 3.04. The van der Waals surface area contributed by atoms with E-state index in [-0.39, 0.29) is 0 Å². The van der Waals surface area contributed by atoms with Gasteiger partial charge in [0.15, 0.2) is 5.11 Å². The van der Waals surface area contributed by atoms with Gasteiger partial charge in [-0.15, -0.1) is 0 Å². The number of fused-ring (bicyclic) bond motifs is 1. The van der Waals surface area contributed by atoms with Crippen molar-refractivity contribution in [2.45, 2.75) is 26.8 Å². The van der Waals surface area contributed by atoms with E-state index in [0.29, 0.717) is 11.2 Å². The number of nitrogens with one attached hydrogen (secondary N) is 2. The van der Waals surface area contributed by atoms with Gasteiger partial charge in [-0.05, 0) is 39.1 Å². The van der Waals surface area contributed by atoms with E-state index in [9.17, 15) is 0 Å². The molecule has 0 saturated heterocycles. The Morgan fingerprint density at radius 2 is 2.15 bits per heavy atom. The molecule has 1 heterocycles. The molecule has 5 heteroatoms. The largest absolute Gasteiger partial charge is 0.362 e. The fourth-order valence-electron chi connectivity index (χ4n) is 2.12. The molecule has 20 heavy (non-hydrogen) atoms. The topological polar surface area (TPSA) is 41.4 Å². The molecule has 4 nitrogen and oxygen atoms in total. The fourth-order valence-corrected chi connectivity index (χ4v) is 2.32. The zero-order valence-corrected chi connectivity index (χ0v) is 12.9. The van der Waals surface area contributed by atoms with Crippen molar-refractivity contribution in [1.29, 1.82) is 0 Å². The lowest BCUT2D eigenvalue weighted by molar-refractivity contribution is 0.623. The summed E-state index contributed by atoms with van der Waals surface area (Å²) in [5.74, 6) is 0. The predicted molar refractivity (Wildman–Crippen MR) is 89.3 cm³/mol. The fraction of sp³-hybridized carbons (Fsp3) is 0.333. The quantitative estimate of drug-likeness (QED) is 0.516. The summed E-state index contributed by atoms with van der Waals surface area (Å²) in [6.45, 7) is 7.12. The van der Waals surface area contributed by atoms with Crippen LogP contribution >= 0.6 is 12.2 Å². The Kier molecular flexibility index (Phi) is 4.74. The van der Waals surface area contributed by atoms with Crippen LogP contribution in [0, 0.1) is 0 Å². The number of rotatable bonds is 4. The maximum atomic E-state index is 5.07. The highest BCUT2D eigenvalue weighted by Gasteiger charge is 2.08. The molecule has 0 aliphatic rings. The van der Waals surface area contributed by atoms with E-state index >= 15 is 0 Å². The van der Waals surface area contributed by atoms with Crippen LogP contribution in [-0.4, -0.2) is 22.4 Å². The van der Waals surface area contributed by atoms with Crippen molar-refractivity contribution in [3.8, 4) is 0 Å². The monoisotopic (exact) mass is 288 g/mol. The normalized spacial score (nSPS) is 11.4. The molecule has 2 aromatic rings. The van der Waals surface area contributed by atoms with E-state index in [4.69, 9.17) is 12.2 Å².